The van der Waals surface area contributed by atoms with E-state index in [2.05, 4.69) is 15.2 Å². The summed E-state index contributed by atoms with van der Waals surface area (Å²) in [6.07, 6.45) is 5.11. The van der Waals surface area contributed by atoms with Crippen molar-refractivity contribution in [2.24, 2.45) is 0 Å². The number of pyridine rings is 1. The van der Waals surface area contributed by atoms with Crippen molar-refractivity contribution in [3.05, 3.63) is 79.3 Å². The summed E-state index contributed by atoms with van der Waals surface area (Å²) in [5.74, 6) is 3.75. The minimum absolute atomic E-state index is 0.202. The van der Waals surface area contributed by atoms with Crippen molar-refractivity contribution in [3.8, 4) is 22.9 Å². The molecule has 0 spiro atoms. The summed E-state index contributed by atoms with van der Waals surface area (Å²) in [4.78, 5) is 35.5. The van der Waals surface area contributed by atoms with Crippen molar-refractivity contribution in [2.75, 3.05) is 49.6 Å². The van der Waals surface area contributed by atoms with Crippen LogP contribution in [0.15, 0.2) is 79.3 Å². The van der Waals surface area contributed by atoms with Gasteiger partial charge in [-0.25, -0.2) is 19.9 Å². The first kappa shape index (κ1) is 26.8. The van der Waals surface area contributed by atoms with E-state index in [9.17, 15) is 4.79 Å². The van der Waals surface area contributed by atoms with Crippen LogP contribution in [0.5, 0.6) is 11.5 Å². The van der Waals surface area contributed by atoms with Gasteiger partial charge in [0.05, 0.1) is 19.5 Å². The van der Waals surface area contributed by atoms with Gasteiger partial charge in [0, 0.05) is 56.6 Å². The number of aromatic nitrogens is 5. The van der Waals surface area contributed by atoms with Crippen molar-refractivity contribution < 1.29 is 14.3 Å². The molecule has 0 radical (unpaired) electrons. The molecule has 7 rings (SSSR count). The summed E-state index contributed by atoms with van der Waals surface area (Å²) in [6, 6.07) is 21.4. The zero-order chi connectivity index (χ0) is 29.0. The number of carbonyl (C=O) groups excluding carboxylic acids is 1. The molecule has 0 bridgehead atoms. The number of amides is 1. The number of morpholine rings is 1. The van der Waals surface area contributed by atoms with E-state index in [-0.39, 0.29) is 5.91 Å². The molecule has 3 aromatic heterocycles. The van der Waals surface area contributed by atoms with Gasteiger partial charge in [0.1, 0.15) is 17.3 Å². The van der Waals surface area contributed by atoms with Gasteiger partial charge in [0.15, 0.2) is 22.8 Å². The predicted molar refractivity (Wildman–Crippen MR) is 164 cm³/mol. The molecule has 0 atom stereocenters. The van der Waals surface area contributed by atoms with Crippen molar-refractivity contribution in [1.29, 1.82) is 0 Å². The average molecular weight is 577 g/mol. The lowest BCUT2D eigenvalue weighted by atomic mass is 10.2. The van der Waals surface area contributed by atoms with Gasteiger partial charge in [-0.3, -0.25) is 4.79 Å². The number of carbonyl (C=O) groups is 1. The van der Waals surface area contributed by atoms with Gasteiger partial charge in [-0.2, -0.15) is 0 Å². The number of nitrogens with one attached hydrogen (secondary N) is 1. The molecule has 2 aromatic carbocycles. The predicted octanol–water partition coefficient (Wildman–Crippen LogP) is 4.88. The molecule has 2 fully saturated rings. The Morgan fingerprint density at radius 2 is 1.67 bits per heavy atom. The van der Waals surface area contributed by atoms with Crippen LogP contribution >= 0.6 is 0 Å². The van der Waals surface area contributed by atoms with Gasteiger partial charge >= 0.3 is 0 Å². The van der Waals surface area contributed by atoms with Crippen LogP contribution in [0.4, 0.5) is 17.3 Å². The standard InChI is InChI=1S/C32H32N8O3/c41-28-7-4-14-39(28)15-16-40-22-34-29-31(35-24-9-11-26(12-10-24)43-25-5-2-1-3-6-25)36-30(37-32(29)40)23-8-13-27(33-21-23)38-17-19-42-20-18-38/h1-3,5-6,8-13,21-22H,4,7,14-20H2,(H,35,36,37). The lowest BCUT2D eigenvalue weighted by Gasteiger charge is -2.27. The number of fused-ring (bicyclic) bond motifs is 1. The number of rotatable bonds is 9. The lowest BCUT2D eigenvalue weighted by molar-refractivity contribution is -0.127. The minimum atomic E-state index is 0.202. The zero-order valence-corrected chi connectivity index (χ0v) is 23.7. The Morgan fingerprint density at radius 1 is 0.860 bits per heavy atom. The van der Waals surface area contributed by atoms with Gasteiger partial charge in [-0.15, -0.1) is 0 Å². The van der Waals surface area contributed by atoms with E-state index in [1.807, 2.05) is 82.4 Å². The summed E-state index contributed by atoms with van der Waals surface area (Å²) in [6.45, 7) is 5.04. The molecule has 5 aromatic rings. The molecule has 1 amide bonds. The second-order valence-electron chi connectivity index (χ2n) is 10.6. The van der Waals surface area contributed by atoms with E-state index in [0.717, 1.165) is 54.6 Å². The third-order valence-electron chi connectivity index (χ3n) is 7.68. The van der Waals surface area contributed by atoms with E-state index in [4.69, 9.17) is 24.4 Å². The van der Waals surface area contributed by atoms with E-state index in [0.29, 0.717) is 55.5 Å². The topological polar surface area (TPSA) is 111 Å². The maximum absolute atomic E-state index is 12.2. The maximum atomic E-state index is 12.2. The summed E-state index contributed by atoms with van der Waals surface area (Å²) in [7, 11) is 0. The van der Waals surface area contributed by atoms with Crippen LogP contribution in [-0.4, -0.2) is 74.7 Å². The molecule has 2 aliphatic rings. The minimum Gasteiger partial charge on any atom is -0.457 e. The van der Waals surface area contributed by atoms with Crippen LogP contribution in [0.3, 0.4) is 0 Å². The van der Waals surface area contributed by atoms with Crippen LogP contribution in [0.2, 0.25) is 0 Å². The summed E-state index contributed by atoms with van der Waals surface area (Å²) >= 11 is 0. The molecule has 11 nitrogen and oxygen atoms in total. The van der Waals surface area contributed by atoms with Crippen molar-refractivity contribution in [3.63, 3.8) is 0 Å². The SMILES string of the molecule is O=C1CCCN1CCn1cnc2c(Nc3ccc(Oc4ccccc4)cc3)nc(-c3ccc(N4CCOCC4)nc3)nc21. The van der Waals surface area contributed by atoms with E-state index in [1.54, 1.807) is 6.33 Å². The normalized spacial score (nSPS) is 15.3. The van der Waals surface area contributed by atoms with Crippen molar-refractivity contribution >= 4 is 34.4 Å². The number of likely N-dealkylation sites (tertiary alicyclic amines) is 1. The number of nitrogens with zero attached hydrogens (tertiary/aromatic N) is 7. The van der Waals surface area contributed by atoms with Crippen LogP contribution in [0.25, 0.3) is 22.6 Å². The smallest absolute Gasteiger partial charge is 0.222 e. The first-order valence-electron chi connectivity index (χ1n) is 14.6. The Morgan fingerprint density at radius 3 is 2.42 bits per heavy atom. The Bertz CT molecular complexity index is 1700. The number of anilines is 3. The first-order chi connectivity index (χ1) is 21.2. The molecule has 2 saturated heterocycles. The molecule has 2 aliphatic heterocycles. The fourth-order valence-corrected chi connectivity index (χ4v) is 5.36. The molecular weight excluding hydrogens is 544 g/mol. The van der Waals surface area contributed by atoms with Crippen LogP contribution < -0.4 is 15.0 Å². The number of para-hydroxylation sites is 1. The number of hydrogen-bond acceptors (Lipinski definition) is 9. The molecule has 0 saturated carbocycles. The summed E-state index contributed by atoms with van der Waals surface area (Å²) in [5.41, 5.74) is 2.99. The fourth-order valence-electron chi connectivity index (χ4n) is 5.36. The second kappa shape index (κ2) is 12.1. The quantitative estimate of drug-likeness (QED) is 0.262. The van der Waals surface area contributed by atoms with Gasteiger partial charge in [0.2, 0.25) is 5.91 Å². The molecule has 218 valence electrons. The third kappa shape index (κ3) is 5.98. The Labute approximate surface area is 249 Å². The lowest BCUT2D eigenvalue weighted by Crippen LogP contribution is -2.36. The largest absolute Gasteiger partial charge is 0.457 e. The molecule has 1 N–H and O–H groups in total. The number of imidazole rings is 1. The molecule has 5 heterocycles. The van der Waals surface area contributed by atoms with E-state index < -0.39 is 0 Å². The van der Waals surface area contributed by atoms with Crippen molar-refractivity contribution in [1.82, 2.24) is 29.4 Å². The third-order valence-corrected chi connectivity index (χ3v) is 7.68. The Hall–Kier alpha value is -5.03. The molecule has 0 aliphatic carbocycles. The van der Waals surface area contributed by atoms with E-state index >= 15 is 0 Å². The van der Waals surface area contributed by atoms with Gasteiger partial charge < -0.3 is 29.2 Å². The molecular formula is C32H32N8O3. The van der Waals surface area contributed by atoms with Gasteiger partial charge in [-0.05, 0) is 55.0 Å². The van der Waals surface area contributed by atoms with Gasteiger partial charge in [0.25, 0.3) is 0 Å². The monoisotopic (exact) mass is 576 g/mol. The highest BCUT2D eigenvalue weighted by Gasteiger charge is 2.21. The highest BCUT2D eigenvalue weighted by molar-refractivity contribution is 5.87. The second-order valence-corrected chi connectivity index (χ2v) is 10.6. The number of benzene rings is 2. The Kier molecular flexibility index (Phi) is 7.53. The van der Waals surface area contributed by atoms with E-state index in [1.165, 1.54) is 0 Å². The Balaban J connectivity index is 1.18. The molecule has 11 heteroatoms. The highest BCUT2D eigenvalue weighted by Crippen LogP contribution is 2.29. The molecule has 0 unspecified atom stereocenters. The van der Waals surface area contributed by atoms with Crippen molar-refractivity contribution in [2.45, 2.75) is 19.4 Å². The molecule has 43 heavy (non-hydrogen) atoms. The van der Waals surface area contributed by atoms with Crippen LogP contribution in [-0.2, 0) is 16.1 Å². The van der Waals surface area contributed by atoms with Crippen LogP contribution in [0, 0.1) is 0 Å². The van der Waals surface area contributed by atoms with Crippen LogP contribution in [0.1, 0.15) is 12.8 Å². The average Bonchev–Trinajstić information content (AvgIpc) is 3.67. The number of hydrogen-bond donors (Lipinski definition) is 1. The maximum Gasteiger partial charge on any atom is 0.222 e. The fraction of sp³-hybridized carbons (Fsp3) is 0.281. The first-order valence-corrected chi connectivity index (χ1v) is 14.6. The van der Waals surface area contributed by atoms with Gasteiger partial charge in [-0.1, -0.05) is 18.2 Å². The number of ether oxygens (including phenoxy) is 2. The summed E-state index contributed by atoms with van der Waals surface area (Å²) < 4.78 is 13.4. The summed E-state index contributed by atoms with van der Waals surface area (Å²) in [5, 5.41) is 3.44. The zero-order valence-electron chi connectivity index (χ0n) is 23.7. The highest BCUT2D eigenvalue weighted by atomic mass is 16.5.